The lowest BCUT2D eigenvalue weighted by molar-refractivity contribution is 0.744. The molecule has 1 aromatic carbocycles. The number of H-pyrrole nitrogens is 1. The third-order valence-electron chi connectivity index (χ3n) is 4.53. The lowest BCUT2D eigenvalue weighted by atomic mass is 10.0. The van der Waals surface area contributed by atoms with Gasteiger partial charge in [0.15, 0.2) is 0 Å². The minimum Gasteiger partial charge on any atom is -0.283 e. The normalized spacial score (nSPS) is 13.0. The molecule has 5 nitrogen and oxygen atoms in total. The number of para-hydroxylation sites is 1. The highest BCUT2D eigenvalue weighted by Gasteiger charge is 2.21. The van der Waals surface area contributed by atoms with Gasteiger partial charge >= 0.3 is 0 Å². The Morgan fingerprint density at radius 1 is 1.09 bits per heavy atom. The number of aromatic nitrogens is 5. The third-order valence-corrected chi connectivity index (χ3v) is 4.53. The van der Waals surface area contributed by atoms with Gasteiger partial charge in [-0.25, -0.2) is 0 Å². The van der Waals surface area contributed by atoms with Crippen molar-refractivity contribution in [2.24, 2.45) is 0 Å². The third kappa shape index (κ3) is 2.04. The second-order valence-electron chi connectivity index (χ2n) is 5.91. The number of fused-ring (bicyclic) bond motifs is 3. The predicted molar refractivity (Wildman–Crippen MR) is 84.2 cm³/mol. The van der Waals surface area contributed by atoms with Gasteiger partial charge < -0.3 is 0 Å². The van der Waals surface area contributed by atoms with Crippen LogP contribution in [0.2, 0.25) is 0 Å². The Labute approximate surface area is 129 Å². The molecule has 4 rings (SSSR count). The number of benzene rings is 1. The van der Waals surface area contributed by atoms with E-state index >= 15 is 0 Å². The fourth-order valence-electron chi connectivity index (χ4n) is 3.32. The van der Waals surface area contributed by atoms with Gasteiger partial charge in [0.25, 0.3) is 0 Å². The van der Waals surface area contributed by atoms with Crippen LogP contribution in [-0.4, -0.2) is 25.0 Å². The lowest BCUT2D eigenvalue weighted by Gasteiger charge is -2.19. The predicted octanol–water partition coefficient (Wildman–Crippen LogP) is 2.49. The first-order valence-electron chi connectivity index (χ1n) is 7.76. The number of hydrogen-bond donors (Lipinski definition) is 1. The molecule has 0 radical (unpaired) electrons. The molecule has 0 unspecified atom stereocenters. The van der Waals surface area contributed by atoms with Gasteiger partial charge in [0, 0.05) is 18.5 Å². The maximum absolute atomic E-state index is 4.44. The highest BCUT2D eigenvalue weighted by Crippen LogP contribution is 2.25. The molecule has 0 bridgehead atoms. The fraction of sp³-hybridized carbons (Fsp3) is 0.353. The van der Waals surface area contributed by atoms with Gasteiger partial charge in [0.1, 0.15) is 11.6 Å². The topological polar surface area (TPSA) is 59.4 Å². The average Bonchev–Trinajstić information content (AvgIpc) is 3.09. The smallest absolute Gasteiger partial charge is 0.137 e. The van der Waals surface area contributed by atoms with E-state index in [0.717, 1.165) is 48.7 Å². The van der Waals surface area contributed by atoms with E-state index in [1.54, 1.807) is 0 Å². The van der Waals surface area contributed by atoms with Crippen LogP contribution in [0.4, 0.5) is 0 Å². The van der Waals surface area contributed by atoms with Crippen molar-refractivity contribution in [3.05, 3.63) is 58.4 Å². The SMILES string of the molecule is Cc1n[nH]c(C)c1CCc1nnc2n1-c1ccccc1CC2. The first kappa shape index (κ1) is 13.2. The van der Waals surface area contributed by atoms with Gasteiger partial charge in [-0.2, -0.15) is 5.10 Å². The van der Waals surface area contributed by atoms with E-state index in [4.69, 9.17) is 0 Å². The molecule has 112 valence electrons. The number of hydrogen-bond acceptors (Lipinski definition) is 3. The number of aryl methyl sites for hydroxylation is 5. The minimum absolute atomic E-state index is 0.878. The van der Waals surface area contributed by atoms with Crippen molar-refractivity contribution in [3.63, 3.8) is 0 Å². The number of nitrogens with zero attached hydrogens (tertiary/aromatic N) is 4. The van der Waals surface area contributed by atoms with Crippen molar-refractivity contribution < 1.29 is 0 Å². The molecule has 0 saturated heterocycles. The number of rotatable bonds is 3. The highest BCUT2D eigenvalue weighted by atomic mass is 15.3. The van der Waals surface area contributed by atoms with Gasteiger partial charge in [-0.1, -0.05) is 18.2 Å². The van der Waals surface area contributed by atoms with Crippen LogP contribution < -0.4 is 0 Å². The summed E-state index contributed by atoms with van der Waals surface area (Å²) in [6.45, 7) is 4.12. The van der Waals surface area contributed by atoms with Gasteiger partial charge in [-0.05, 0) is 43.9 Å². The van der Waals surface area contributed by atoms with Crippen LogP contribution in [0.15, 0.2) is 24.3 Å². The molecular formula is C17H19N5. The van der Waals surface area contributed by atoms with Crippen LogP contribution in [0, 0.1) is 13.8 Å². The molecule has 2 aromatic heterocycles. The van der Waals surface area contributed by atoms with Crippen molar-refractivity contribution in [1.29, 1.82) is 0 Å². The van der Waals surface area contributed by atoms with E-state index in [0.29, 0.717) is 0 Å². The zero-order valence-electron chi connectivity index (χ0n) is 12.9. The molecule has 0 amide bonds. The first-order valence-corrected chi connectivity index (χ1v) is 7.76. The van der Waals surface area contributed by atoms with Crippen LogP contribution in [0.1, 0.15) is 34.2 Å². The summed E-state index contributed by atoms with van der Waals surface area (Å²) >= 11 is 0. The van der Waals surface area contributed by atoms with Gasteiger partial charge in [-0.15, -0.1) is 10.2 Å². The van der Waals surface area contributed by atoms with Gasteiger partial charge in [0.05, 0.1) is 11.4 Å². The van der Waals surface area contributed by atoms with E-state index in [1.165, 1.54) is 16.8 Å². The van der Waals surface area contributed by atoms with E-state index in [1.807, 2.05) is 6.92 Å². The Kier molecular flexibility index (Phi) is 3.06. The van der Waals surface area contributed by atoms with Crippen molar-refractivity contribution in [2.45, 2.75) is 39.5 Å². The van der Waals surface area contributed by atoms with Crippen LogP contribution in [0.25, 0.3) is 5.69 Å². The molecule has 0 fully saturated rings. The van der Waals surface area contributed by atoms with Crippen LogP contribution in [0.5, 0.6) is 0 Å². The molecule has 0 saturated carbocycles. The molecule has 0 aliphatic carbocycles. The molecule has 3 heterocycles. The molecule has 0 atom stereocenters. The largest absolute Gasteiger partial charge is 0.283 e. The maximum atomic E-state index is 4.44. The molecule has 1 aliphatic rings. The van der Waals surface area contributed by atoms with E-state index < -0.39 is 0 Å². The molecule has 3 aromatic rings. The summed E-state index contributed by atoms with van der Waals surface area (Å²) in [7, 11) is 0. The number of aromatic amines is 1. The van der Waals surface area contributed by atoms with Crippen LogP contribution in [0.3, 0.4) is 0 Å². The van der Waals surface area contributed by atoms with Crippen molar-refractivity contribution in [3.8, 4) is 5.69 Å². The zero-order chi connectivity index (χ0) is 15.1. The Hall–Kier alpha value is -2.43. The van der Waals surface area contributed by atoms with E-state index in [-0.39, 0.29) is 0 Å². The molecule has 22 heavy (non-hydrogen) atoms. The molecule has 5 heteroatoms. The zero-order valence-corrected chi connectivity index (χ0v) is 12.9. The van der Waals surface area contributed by atoms with Crippen molar-refractivity contribution in [2.75, 3.05) is 0 Å². The summed E-state index contributed by atoms with van der Waals surface area (Å²) in [5.74, 6) is 2.12. The summed E-state index contributed by atoms with van der Waals surface area (Å²) in [6, 6.07) is 8.56. The van der Waals surface area contributed by atoms with E-state index in [9.17, 15) is 0 Å². The fourth-order valence-corrected chi connectivity index (χ4v) is 3.32. The standard InChI is InChI=1S/C17H19N5/c1-11-14(12(2)19-18-11)8-10-17-21-20-16-9-7-13-5-3-4-6-15(13)22(16)17/h3-6H,7-10H2,1-2H3,(H,18,19). The molecule has 1 N–H and O–H groups in total. The summed E-state index contributed by atoms with van der Waals surface area (Å²) in [4.78, 5) is 0. The molecule has 1 aliphatic heterocycles. The summed E-state index contributed by atoms with van der Waals surface area (Å²) in [5, 5.41) is 16.2. The van der Waals surface area contributed by atoms with E-state index in [2.05, 4.69) is 56.2 Å². The molecular weight excluding hydrogens is 274 g/mol. The van der Waals surface area contributed by atoms with Crippen molar-refractivity contribution in [1.82, 2.24) is 25.0 Å². The second kappa shape index (κ2) is 5.09. The first-order chi connectivity index (χ1) is 10.7. The quantitative estimate of drug-likeness (QED) is 0.807. The second-order valence-corrected chi connectivity index (χ2v) is 5.91. The highest BCUT2D eigenvalue weighted by molar-refractivity contribution is 5.45. The Morgan fingerprint density at radius 3 is 2.77 bits per heavy atom. The number of nitrogens with one attached hydrogen (secondary N) is 1. The summed E-state index contributed by atoms with van der Waals surface area (Å²) in [5.41, 5.74) is 6.14. The summed E-state index contributed by atoms with van der Waals surface area (Å²) < 4.78 is 2.24. The average molecular weight is 293 g/mol. The van der Waals surface area contributed by atoms with Crippen molar-refractivity contribution >= 4 is 0 Å². The molecule has 0 spiro atoms. The summed E-state index contributed by atoms with van der Waals surface area (Å²) in [6.07, 6.45) is 3.83. The lowest BCUT2D eigenvalue weighted by Crippen LogP contribution is -2.14. The Balaban J connectivity index is 1.67. The monoisotopic (exact) mass is 293 g/mol. The van der Waals surface area contributed by atoms with Crippen LogP contribution >= 0.6 is 0 Å². The van der Waals surface area contributed by atoms with Crippen LogP contribution in [-0.2, 0) is 25.7 Å². The minimum atomic E-state index is 0.878. The van der Waals surface area contributed by atoms with Gasteiger partial charge in [-0.3, -0.25) is 9.67 Å². The van der Waals surface area contributed by atoms with Gasteiger partial charge in [0.2, 0.25) is 0 Å². The Morgan fingerprint density at radius 2 is 1.95 bits per heavy atom. The Bertz CT molecular complexity index is 808. The maximum Gasteiger partial charge on any atom is 0.137 e.